The van der Waals surface area contributed by atoms with E-state index in [1.165, 1.54) is 0 Å². The van der Waals surface area contributed by atoms with Crippen LogP contribution >= 0.6 is 11.6 Å². The minimum absolute atomic E-state index is 0.0702. The van der Waals surface area contributed by atoms with Gasteiger partial charge in [0.1, 0.15) is 0 Å². The van der Waals surface area contributed by atoms with Crippen LogP contribution < -0.4 is 5.32 Å². The highest BCUT2D eigenvalue weighted by Crippen LogP contribution is 2.16. The predicted molar refractivity (Wildman–Crippen MR) is 74.6 cm³/mol. The average Bonchev–Trinajstić information content (AvgIpc) is 2.31. The summed E-state index contributed by atoms with van der Waals surface area (Å²) in [5.74, 6) is -1.19. The Morgan fingerprint density at radius 1 is 1.42 bits per heavy atom. The summed E-state index contributed by atoms with van der Waals surface area (Å²) in [6, 6.07) is 4.72. The lowest BCUT2D eigenvalue weighted by molar-refractivity contribution is -0.137. The minimum Gasteiger partial charge on any atom is -0.481 e. The molecular formula is C14H18ClNO3. The Morgan fingerprint density at radius 3 is 2.68 bits per heavy atom. The Balaban J connectivity index is 2.81. The molecule has 2 N–H and O–H groups in total. The van der Waals surface area contributed by atoms with Gasteiger partial charge < -0.3 is 10.4 Å². The average molecular weight is 284 g/mol. The molecule has 0 saturated heterocycles. The minimum atomic E-state index is -0.915. The number of carboxylic acids is 1. The van der Waals surface area contributed by atoms with Gasteiger partial charge in [-0.15, -0.1) is 0 Å². The van der Waals surface area contributed by atoms with E-state index in [1.807, 2.05) is 13.8 Å². The van der Waals surface area contributed by atoms with E-state index in [1.54, 1.807) is 18.2 Å². The second-order valence-electron chi connectivity index (χ2n) is 4.52. The van der Waals surface area contributed by atoms with E-state index in [-0.39, 0.29) is 18.4 Å². The van der Waals surface area contributed by atoms with Gasteiger partial charge in [-0.05, 0) is 31.0 Å². The molecule has 0 radical (unpaired) electrons. The van der Waals surface area contributed by atoms with E-state index in [2.05, 4.69) is 5.32 Å². The quantitative estimate of drug-likeness (QED) is 0.843. The maximum absolute atomic E-state index is 12.1. The van der Waals surface area contributed by atoms with Crippen molar-refractivity contribution in [1.82, 2.24) is 5.32 Å². The fourth-order valence-electron chi connectivity index (χ4n) is 1.89. The molecule has 0 bridgehead atoms. The molecule has 1 amide bonds. The summed E-state index contributed by atoms with van der Waals surface area (Å²) < 4.78 is 0. The molecule has 0 aromatic heterocycles. The van der Waals surface area contributed by atoms with Crippen LogP contribution in [0.1, 0.15) is 42.1 Å². The summed E-state index contributed by atoms with van der Waals surface area (Å²) in [5, 5.41) is 12.1. The van der Waals surface area contributed by atoms with Gasteiger partial charge >= 0.3 is 5.97 Å². The first-order chi connectivity index (χ1) is 8.93. The Morgan fingerprint density at radius 2 is 2.11 bits per heavy atom. The fourth-order valence-corrected chi connectivity index (χ4v) is 2.06. The van der Waals surface area contributed by atoms with Crippen molar-refractivity contribution in [2.24, 2.45) is 0 Å². The van der Waals surface area contributed by atoms with Crippen molar-refractivity contribution in [2.75, 3.05) is 0 Å². The number of carbonyl (C=O) groups is 2. The van der Waals surface area contributed by atoms with Gasteiger partial charge in [0.25, 0.3) is 5.91 Å². The maximum atomic E-state index is 12.1. The molecule has 1 aromatic rings. The monoisotopic (exact) mass is 283 g/mol. The highest BCUT2D eigenvalue weighted by Gasteiger charge is 2.17. The zero-order chi connectivity index (χ0) is 14.4. The van der Waals surface area contributed by atoms with Crippen molar-refractivity contribution >= 4 is 23.5 Å². The highest BCUT2D eigenvalue weighted by atomic mass is 35.5. The van der Waals surface area contributed by atoms with Gasteiger partial charge in [0.2, 0.25) is 0 Å². The van der Waals surface area contributed by atoms with Crippen LogP contribution in [0.2, 0.25) is 5.02 Å². The standard InChI is InChI=1S/C14H18ClNO3/c1-3-4-11(8-13(17)18)16-14(19)12-7-10(15)6-5-9(12)2/h5-7,11H,3-4,8H2,1-2H3,(H,16,19)(H,17,18). The highest BCUT2D eigenvalue weighted by molar-refractivity contribution is 6.31. The van der Waals surface area contributed by atoms with E-state index in [9.17, 15) is 9.59 Å². The second-order valence-corrected chi connectivity index (χ2v) is 4.95. The largest absolute Gasteiger partial charge is 0.481 e. The molecular weight excluding hydrogens is 266 g/mol. The smallest absolute Gasteiger partial charge is 0.305 e. The van der Waals surface area contributed by atoms with Gasteiger partial charge in [-0.25, -0.2) is 0 Å². The number of aliphatic carboxylic acids is 1. The number of rotatable bonds is 6. The third kappa shape index (κ3) is 4.91. The number of nitrogens with one attached hydrogen (secondary N) is 1. The summed E-state index contributed by atoms with van der Waals surface area (Å²) in [5.41, 5.74) is 1.30. The lowest BCUT2D eigenvalue weighted by atomic mass is 10.1. The number of carbonyl (C=O) groups excluding carboxylic acids is 1. The molecule has 19 heavy (non-hydrogen) atoms. The van der Waals surface area contributed by atoms with E-state index >= 15 is 0 Å². The first kappa shape index (κ1) is 15.5. The van der Waals surface area contributed by atoms with Gasteiger partial charge in [-0.2, -0.15) is 0 Å². The van der Waals surface area contributed by atoms with Crippen LogP contribution in [0.5, 0.6) is 0 Å². The van der Waals surface area contributed by atoms with Gasteiger partial charge in [0.05, 0.1) is 6.42 Å². The van der Waals surface area contributed by atoms with Crippen LogP contribution in [0.3, 0.4) is 0 Å². The number of halogens is 1. The molecule has 5 heteroatoms. The van der Waals surface area contributed by atoms with Crippen LogP contribution in [0.25, 0.3) is 0 Å². The molecule has 0 aliphatic heterocycles. The summed E-state index contributed by atoms with van der Waals surface area (Å²) in [6.45, 7) is 3.77. The zero-order valence-electron chi connectivity index (χ0n) is 11.1. The summed E-state index contributed by atoms with van der Waals surface area (Å²) in [7, 11) is 0. The number of hydrogen-bond acceptors (Lipinski definition) is 2. The van der Waals surface area contributed by atoms with Crippen molar-refractivity contribution in [3.8, 4) is 0 Å². The first-order valence-corrected chi connectivity index (χ1v) is 6.60. The molecule has 1 atom stereocenters. The lowest BCUT2D eigenvalue weighted by Crippen LogP contribution is -2.36. The SMILES string of the molecule is CCCC(CC(=O)O)NC(=O)c1cc(Cl)ccc1C. The number of aryl methyl sites for hydroxylation is 1. The molecule has 4 nitrogen and oxygen atoms in total. The van der Waals surface area contributed by atoms with Gasteiger partial charge in [0.15, 0.2) is 0 Å². The topological polar surface area (TPSA) is 66.4 Å². The Hall–Kier alpha value is -1.55. The molecule has 0 aliphatic rings. The van der Waals surface area contributed by atoms with Gasteiger partial charge in [-0.3, -0.25) is 9.59 Å². The van der Waals surface area contributed by atoms with Gasteiger partial charge in [0, 0.05) is 16.6 Å². The molecule has 1 rings (SSSR count). The molecule has 0 heterocycles. The molecule has 0 aliphatic carbocycles. The van der Waals surface area contributed by atoms with Crippen molar-refractivity contribution in [2.45, 2.75) is 39.2 Å². The van der Waals surface area contributed by atoms with Crippen LogP contribution in [0, 0.1) is 6.92 Å². The van der Waals surface area contributed by atoms with Crippen LogP contribution in [-0.4, -0.2) is 23.0 Å². The molecule has 1 aromatic carbocycles. The molecule has 0 fully saturated rings. The van der Waals surface area contributed by atoms with Crippen molar-refractivity contribution in [3.05, 3.63) is 34.3 Å². The zero-order valence-corrected chi connectivity index (χ0v) is 11.8. The molecule has 104 valence electrons. The number of benzene rings is 1. The predicted octanol–water partition coefficient (Wildman–Crippen LogP) is 3.02. The van der Waals surface area contributed by atoms with Crippen molar-refractivity contribution < 1.29 is 14.7 Å². The van der Waals surface area contributed by atoms with Crippen LogP contribution in [-0.2, 0) is 4.79 Å². The Bertz CT molecular complexity index is 474. The fraction of sp³-hybridized carbons (Fsp3) is 0.429. The molecule has 0 saturated carbocycles. The van der Waals surface area contributed by atoms with Crippen molar-refractivity contribution in [3.63, 3.8) is 0 Å². The summed E-state index contributed by atoms with van der Waals surface area (Å²) in [6.07, 6.45) is 1.38. The van der Waals surface area contributed by atoms with E-state index in [4.69, 9.17) is 16.7 Å². The third-order valence-corrected chi connectivity index (χ3v) is 3.07. The lowest BCUT2D eigenvalue weighted by Gasteiger charge is -2.17. The summed E-state index contributed by atoms with van der Waals surface area (Å²) in [4.78, 5) is 22.9. The Kier molecular flexibility index (Phi) is 5.83. The number of carboxylic acid groups (broad SMARTS) is 1. The Labute approximate surface area is 117 Å². The second kappa shape index (κ2) is 7.14. The first-order valence-electron chi connectivity index (χ1n) is 6.22. The normalized spacial score (nSPS) is 11.9. The van der Waals surface area contributed by atoms with E-state index in [0.29, 0.717) is 17.0 Å². The van der Waals surface area contributed by atoms with Crippen LogP contribution in [0.4, 0.5) is 0 Å². The number of amides is 1. The summed E-state index contributed by atoms with van der Waals surface area (Å²) >= 11 is 5.87. The van der Waals surface area contributed by atoms with E-state index < -0.39 is 5.97 Å². The van der Waals surface area contributed by atoms with Gasteiger partial charge in [-0.1, -0.05) is 31.0 Å². The molecule has 0 spiro atoms. The third-order valence-electron chi connectivity index (χ3n) is 2.84. The van der Waals surface area contributed by atoms with Crippen molar-refractivity contribution in [1.29, 1.82) is 0 Å². The van der Waals surface area contributed by atoms with E-state index in [0.717, 1.165) is 12.0 Å². The number of hydrogen-bond donors (Lipinski definition) is 2. The maximum Gasteiger partial charge on any atom is 0.305 e. The molecule has 1 unspecified atom stereocenters. The van der Waals surface area contributed by atoms with Crippen LogP contribution in [0.15, 0.2) is 18.2 Å².